The summed E-state index contributed by atoms with van der Waals surface area (Å²) in [5, 5.41) is 3.06. The van der Waals surface area contributed by atoms with E-state index in [1.807, 2.05) is 25.2 Å². The van der Waals surface area contributed by atoms with Crippen molar-refractivity contribution in [1.29, 1.82) is 0 Å². The Morgan fingerprint density at radius 1 is 1.55 bits per heavy atom. The Morgan fingerprint density at radius 3 is 2.82 bits per heavy atom. The van der Waals surface area contributed by atoms with Crippen molar-refractivity contribution in [3.05, 3.63) is 23.8 Å². The highest BCUT2D eigenvalue weighted by molar-refractivity contribution is 7.80. The van der Waals surface area contributed by atoms with Crippen molar-refractivity contribution in [2.75, 3.05) is 12.4 Å². The lowest BCUT2D eigenvalue weighted by molar-refractivity contribution is 1.06. The highest BCUT2D eigenvalue weighted by atomic mass is 32.1. The molecule has 2 nitrogen and oxygen atoms in total. The van der Waals surface area contributed by atoms with E-state index >= 15 is 0 Å². The smallest absolute Gasteiger partial charge is 0.0383 e. The molecular formula is C8H12N2S. The zero-order chi connectivity index (χ0) is 8.27. The van der Waals surface area contributed by atoms with Crippen LogP contribution in [0.5, 0.6) is 0 Å². The Balaban J connectivity index is 3.06. The van der Waals surface area contributed by atoms with E-state index in [1.54, 1.807) is 0 Å². The average molecular weight is 168 g/mol. The number of benzene rings is 1. The quantitative estimate of drug-likeness (QED) is 0.585. The second-order valence-electron chi connectivity index (χ2n) is 2.30. The molecule has 0 aliphatic carbocycles. The SMILES string of the molecule is CNc1ccc(S)cc1CN. The molecule has 3 N–H and O–H groups in total. The van der Waals surface area contributed by atoms with Gasteiger partial charge in [-0.1, -0.05) is 0 Å². The average Bonchev–Trinajstić information content (AvgIpc) is 2.04. The maximum absolute atomic E-state index is 5.52. The summed E-state index contributed by atoms with van der Waals surface area (Å²) in [6, 6.07) is 5.88. The predicted octanol–water partition coefficient (Wildman–Crippen LogP) is 1.48. The Morgan fingerprint density at radius 2 is 2.27 bits per heavy atom. The normalized spacial score (nSPS) is 9.73. The van der Waals surface area contributed by atoms with Gasteiger partial charge in [-0.15, -0.1) is 12.6 Å². The molecule has 0 spiro atoms. The van der Waals surface area contributed by atoms with Gasteiger partial charge in [-0.2, -0.15) is 0 Å². The van der Waals surface area contributed by atoms with E-state index in [9.17, 15) is 0 Å². The third-order valence-corrected chi connectivity index (χ3v) is 1.86. The van der Waals surface area contributed by atoms with Gasteiger partial charge in [0.2, 0.25) is 0 Å². The molecule has 1 aromatic rings. The summed E-state index contributed by atoms with van der Waals surface area (Å²) < 4.78 is 0. The number of hydrogen-bond acceptors (Lipinski definition) is 3. The molecule has 0 bridgehead atoms. The molecule has 0 heterocycles. The summed E-state index contributed by atoms with van der Waals surface area (Å²) >= 11 is 4.21. The number of rotatable bonds is 2. The minimum Gasteiger partial charge on any atom is -0.388 e. The van der Waals surface area contributed by atoms with Gasteiger partial charge in [0.1, 0.15) is 0 Å². The van der Waals surface area contributed by atoms with E-state index in [2.05, 4.69) is 17.9 Å². The third kappa shape index (κ3) is 1.88. The monoisotopic (exact) mass is 168 g/mol. The van der Waals surface area contributed by atoms with Gasteiger partial charge in [0.15, 0.2) is 0 Å². The summed E-state index contributed by atoms with van der Waals surface area (Å²) in [4.78, 5) is 0.949. The Bertz CT molecular complexity index is 248. The van der Waals surface area contributed by atoms with Gasteiger partial charge >= 0.3 is 0 Å². The van der Waals surface area contributed by atoms with E-state index < -0.39 is 0 Å². The molecule has 0 radical (unpaired) electrons. The van der Waals surface area contributed by atoms with Crippen LogP contribution in [0.1, 0.15) is 5.56 Å². The fourth-order valence-corrected chi connectivity index (χ4v) is 1.22. The third-order valence-electron chi connectivity index (χ3n) is 1.58. The molecule has 3 heteroatoms. The standard InChI is InChI=1S/C8H12N2S/c1-10-8-3-2-7(11)4-6(8)5-9/h2-4,10-11H,5,9H2,1H3. The largest absolute Gasteiger partial charge is 0.388 e. The molecule has 0 aromatic heterocycles. The van der Waals surface area contributed by atoms with Crippen molar-refractivity contribution in [2.24, 2.45) is 5.73 Å². The van der Waals surface area contributed by atoms with Crippen molar-refractivity contribution >= 4 is 18.3 Å². The molecule has 0 aliphatic rings. The molecule has 0 unspecified atom stereocenters. The lowest BCUT2D eigenvalue weighted by atomic mass is 10.2. The van der Waals surface area contributed by atoms with Gasteiger partial charge in [-0.05, 0) is 23.8 Å². The summed E-state index contributed by atoms with van der Waals surface area (Å²) in [7, 11) is 1.88. The second-order valence-corrected chi connectivity index (χ2v) is 2.81. The molecule has 1 aromatic carbocycles. The first-order valence-electron chi connectivity index (χ1n) is 3.47. The van der Waals surface area contributed by atoms with Crippen LogP contribution in [0, 0.1) is 0 Å². The van der Waals surface area contributed by atoms with Crippen LogP contribution in [0.4, 0.5) is 5.69 Å². The second kappa shape index (κ2) is 3.64. The summed E-state index contributed by atoms with van der Waals surface area (Å²) in [5.74, 6) is 0. The number of hydrogen-bond donors (Lipinski definition) is 3. The van der Waals surface area contributed by atoms with Crippen LogP contribution in [-0.4, -0.2) is 7.05 Å². The van der Waals surface area contributed by atoms with Crippen molar-refractivity contribution in [2.45, 2.75) is 11.4 Å². The number of anilines is 1. The lowest BCUT2D eigenvalue weighted by Gasteiger charge is -2.06. The predicted molar refractivity (Wildman–Crippen MR) is 51.1 cm³/mol. The van der Waals surface area contributed by atoms with Crippen LogP contribution in [0.3, 0.4) is 0 Å². The zero-order valence-corrected chi connectivity index (χ0v) is 7.36. The first-order valence-corrected chi connectivity index (χ1v) is 3.92. The van der Waals surface area contributed by atoms with E-state index in [0.717, 1.165) is 16.1 Å². The van der Waals surface area contributed by atoms with Crippen LogP contribution in [-0.2, 0) is 6.54 Å². The fraction of sp³-hybridized carbons (Fsp3) is 0.250. The zero-order valence-electron chi connectivity index (χ0n) is 6.46. The molecule has 0 fully saturated rings. The van der Waals surface area contributed by atoms with Crippen LogP contribution in [0.2, 0.25) is 0 Å². The maximum atomic E-state index is 5.52. The van der Waals surface area contributed by atoms with Crippen LogP contribution >= 0.6 is 12.6 Å². The van der Waals surface area contributed by atoms with E-state index in [0.29, 0.717) is 6.54 Å². The summed E-state index contributed by atoms with van der Waals surface area (Å²) in [6.07, 6.45) is 0. The first kappa shape index (κ1) is 8.43. The fourth-order valence-electron chi connectivity index (χ4n) is 0.993. The Hall–Kier alpha value is -0.670. The number of nitrogens with two attached hydrogens (primary N) is 1. The van der Waals surface area contributed by atoms with Crippen LogP contribution in [0.15, 0.2) is 23.1 Å². The van der Waals surface area contributed by atoms with Crippen molar-refractivity contribution in [1.82, 2.24) is 0 Å². The topological polar surface area (TPSA) is 38.0 Å². The maximum Gasteiger partial charge on any atom is 0.0383 e. The minimum atomic E-state index is 0.546. The van der Waals surface area contributed by atoms with Gasteiger partial charge in [0.25, 0.3) is 0 Å². The molecule has 0 saturated carbocycles. The Kier molecular flexibility index (Phi) is 2.79. The van der Waals surface area contributed by atoms with E-state index in [1.165, 1.54) is 0 Å². The lowest BCUT2D eigenvalue weighted by Crippen LogP contribution is -2.01. The molecule has 0 saturated heterocycles. The highest BCUT2D eigenvalue weighted by Crippen LogP contribution is 2.18. The van der Waals surface area contributed by atoms with Gasteiger partial charge in [0, 0.05) is 24.2 Å². The highest BCUT2D eigenvalue weighted by Gasteiger charge is 1.97. The van der Waals surface area contributed by atoms with Crippen LogP contribution in [0.25, 0.3) is 0 Å². The number of nitrogens with one attached hydrogen (secondary N) is 1. The molecule has 60 valence electrons. The first-order chi connectivity index (χ1) is 5.27. The van der Waals surface area contributed by atoms with Crippen molar-refractivity contribution < 1.29 is 0 Å². The molecule has 1 rings (SSSR count). The molecule has 11 heavy (non-hydrogen) atoms. The molecule has 0 aliphatic heterocycles. The molecule has 0 amide bonds. The van der Waals surface area contributed by atoms with Crippen molar-refractivity contribution in [3.63, 3.8) is 0 Å². The number of thiol groups is 1. The van der Waals surface area contributed by atoms with Crippen molar-refractivity contribution in [3.8, 4) is 0 Å². The summed E-state index contributed by atoms with van der Waals surface area (Å²) in [5.41, 5.74) is 7.69. The summed E-state index contributed by atoms with van der Waals surface area (Å²) in [6.45, 7) is 0.546. The van der Waals surface area contributed by atoms with Crippen LogP contribution < -0.4 is 11.1 Å². The van der Waals surface area contributed by atoms with Gasteiger partial charge in [0.05, 0.1) is 0 Å². The Labute approximate surface area is 72.2 Å². The minimum absolute atomic E-state index is 0.546. The van der Waals surface area contributed by atoms with E-state index in [4.69, 9.17) is 5.73 Å². The molecular weight excluding hydrogens is 156 g/mol. The molecule has 0 atom stereocenters. The van der Waals surface area contributed by atoms with E-state index in [-0.39, 0.29) is 0 Å². The van der Waals surface area contributed by atoms with Gasteiger partial charge in [-0.25, -0.2) is 0 Å². The van der Waals surface area contributed by atoms with Gasteiger partial charge < -0.3 is 11.1 Å². The van der Waals surface area contributed by atoms with Gasteiger partial charge in [-0.3, -0.25) is 0 Å².